The summed E-state index contributed by atoms with van der Waals surface area (Å²) in [6.07, 6.45) is 74.7. The number of ether oxygens (including phenoxy) is 3. The first-order valence-corrected chi connectivity index (χ1v) is 32.8. The summed E-state index contributed by atoms with van der Waals surface area (Å²) in [6.45, 7) is 6.70. The zero-order valence-corrected chi connectivity index (χ0v) is 49.4. The van der Waals surface area contributed by atoms with Crippen LogP contribution >= 0.6 is 0 Å². The highest BCUT2D eigenvalue weighted by Gasteiger charge is 2.19. The number of carbonyl (C=O) groups excluding carboxylic acids is 3. The van der Waals surface area contributed by atoms with Crippen LogP contribution in [0.25, 0.3) is 0 Å². The van der Waals surface area contributed by atoms with Crippen molar-refractivity contribution in [2.24, 2.45) is 0 Å². The van der Waals surface area contributed by atoms with Crippen LogP contribution in [0.2, 0.25) is 0 Å². The Labute approximate surface area is 455 Å². The molecule has 0 aliphatic heterocycles. The smallest absolute Gasteiger partial charge is 0.306 e. The van der Waals surface area contributed by atoms with Crippen LogP contribution in [-0.2, 0) is 28.6 Å². The summed E-state index contributed by atoms with van der Waals surface area (Å²) >= 11 is 0. The predicted molar refractivity (Wildman–Crippen MR) is 316 cm³/mol. The highest BCUT2D eigenvalue weighted by atomic mass is 16.6. The van der Waals surface area contributed by atoms with Gasteiger partial charge in [-0.05, 0) is 70.6 Å². The normalized spacial score (nSPS) is 12.1. The molecule has 0 saturated heterocycles. The number of carbonyl (C=O) groups is 3. The maximum absolute atomic E-state index is 12.9. The van der Waals surface area contributed by atoms with Gasteiger partial charge in [0.1, 0.15) is 13.2 Å². The van der Waals surface area contributed by atoms with E-state index < -0.39 is 6.10 Å². The molecule has 0 spiro atoms. The fourth-order valence-corrected chi connectivity index (χ4v) is 9.97. The van der Waals surface area contributed by atoms with Gasteiger partial charge in [-0.15, -0.1) is 0 Å². The fourth-order valence-electron chi connectivity index (χ4n) is 9.97. The average molecular weight is 1030 g/mol. The van der Waals surface area contributed by atoms with Crippen molar-refractivity contribution in [2.45, 2.75) is 374 Å². The Hall–Kier alpha value is -2.11. The van der Waals surface area contributed by atoms with Crippen LogP contribution in [0, 0.1) is 0 Å². The molecule has 0 aliphatic rings. The van der Waals surface area contributed by atoms with Crippen LogP contribution in [-0.4, -0.2) is 37.2 Å². The minimum atomic E-state index is -0.775. The molecular formula is C67H126O6. The fraction of sp³-hybridized carbons (Fsp3) is 0.896. The number of rotatable bonds is 61. The van der Waals surface area contributed by atoms with E-state index in [1.165, 1.54) is 263 Å². The molecule has 0 aromatic heterocycles. The van der Waals surface area contributed by atoms with Crippen molar-refractivity contribution in [3.63, 3.8) is 0 Å². The Bertz CT molecular complexity index is 1180. The standard InChI is InChI=1S/C67H126O6/c1-4-7-10-13-16-19-22-25-28-31-34-37-39-42-45-48-51-54-57-60-66(69)72-63-64(73-67(70)61-58-55-52-49-46-43-40-36-33-30-27-24-21-18-15-12-9-6-3)62-71-65(68)59-56-53-50-47-44-41-38-35-32-29-26-23-20-17-14-11-8-5-2/h31,34,36,40,64H,4-30,32-33,35,37-39,41-63H2,1-3H3/b34-31-,40-36-. The molecule has 73 heavy (non-hydrogen) atoms. The maximum atomic E-state index is 12.9. The van der Waals surface area contributed by atoms with Crippen molar-refractivity contribution < 1.29 is 28.6 Å². The maximum Gasteiger partial charge on any atom is 0.306 e. The zero-order valence-electron chi connectivity index (χ0n) is 49.4. The monoisotopic (exact) mass is 1030 g/mol. The third kappa shape index (κ3) is 60.6. The van der Waals surface area contributed by atoms with Gasteiger partial charge < -0.3 is 14.2 Å². The van der Waals surface area contributed by atoms with Gasteiger partial charge in [-0.1, -0.05) is 302 Å². The van der Waals surface area contributed by atoms with E-state index in [1.54, 1.807) is 0 Å². The van der Waals surface area contributed by atoms with Gasteiger partial charge in [0.25, 0.3) is 0 Å². The quantitative estimate of drug-likeness (QED) is 0.0261. The second-order valence-electron chi connectivity index (χ2n) is 22.4. The molecule has 0 amide bonds. The lowest BCUT2D eigenvalue weighted by molar-refractivity contribution is -0.167. The van der Waals surface area contributed by atoms with E-state index in [4.69, 9.17) is 14.2 Å². The molecule has 1 atom stereocenters. The van der Waals surface area contributed by atoms with E-state index in [0.29, 0.717) is 19.3 Å². The summed E-state index contributed by atoms with van der Waals surface area (Å²) in [7, 11) is 0. The van der Waals surface area contributed by atoms with Gasteiger partial charge in [-0.2, -0.15) is 0 Å². The minimum absolute atomic E-state index is 0.0708. The van der Waals surface area contributed by atoms with Crippen LogP contribution in [0.3, 0.4) is 0 Å². The Kier molecular flexibility index (Phi) is 60.6. The van der Waals surface area contributed by atoms with Crippen molar-refractivity contribution >= 4 is 17.9 Å². The van der Waals surface area contributed by atoms with E-state index in [1.807, 2.05) is 0 Å². The zero-order chi connectivity index (χ0) is 52.9. The van der Waals surface area contributed by atoms with Crippen LogP contribution in [0.1, 0.15) is 367 Å². The largest absolute Gasteiger partial charge is 0.462 e. The summed E-state index contributed by atoms with van der Waals surface area (Å²) in [5, 5.41) is 0. The Balaban J connectivity index is 4.33. The van der Waals surface area contributed by atoms with Crippen LogP contribution in [0.15, 0.2) is 24.3 Å². The third-order valence-electron chi connectivity index (χ3n) is 14.9. The molecule has 0 aromatic rings. The van der Waals surface area contributed by atoms with Crippen molar-refractivity contribution in [1.29, 1.82) is 0 Å². The third-order valence-corrected chi connectivity index (χ3v) is 14.9. The summed E-state index contributed by atoms with van der Waals surface area (Å²) in [4.78, 5) is 38.3. The molecule has 0 radical (unpaired) electrons. The molecule has 0 bridgehead atoms. The van der Waals surface area contributed by atoms with Gasteiger partial charge in [0.15, 0.2) is 6.10 Å². The van der Waals surface area contributed by atoms with Crippen LogP contribution < -0.4 is 0 Å². The van der Waals surface area contributed by atoms with Gasteiger partial charge in [0.05, 0.1) is 0 Å². The molecule has 0 heterocycles. The predicted octanol–water partition coefficient (Wildman–Crippen LogP) is 22.2. The van der Waals surface area contributed by atoms with E-state index in [2.05, 4.69) is 45.1 Å². The topological polar surface area (TPSA) is 78.9 Å². The Morgan fingerprint density at radius 3 is 0.685 bits per heavy atom. The Morgan fingerprint density at radius 2 is 0.452 bits per heavy atom. The van der Waals surface area contributed by atoms with Crippen LogP contribution in [0.4, 0.5) is 0 Å². The summed E-state index contributed by atoms with van der Waals surface area (Å²) in [5.41, 5.74) is 0. The number of hydrogen-bond donors (Lipinski definition) is 0. The second-order valence-corrected chi connectivity index (χ2v) is 22.4. The molecule has 6 nitrogen and oxygen atoms in total. The summed E-state index contributed by atoms with van der Waals surface area (Å²) in [6, 6.07) is 0. The average Bonchev–Trinajstić information content (AvgIpc) is 3.39. The molecule has 0 rings (SSSR count). The molecular weight excluding hydrogens is 901 g/mol. The van der Waals surface area contributed by atoms with E-state index in [9.17, 15) is 14.4 Å². The molecule has 1 unspecified atom stereocenters. The van der Waals surface area contributed by atoms with Gasteiger partial charge >= 0.3 is 17.9 Å². The molecule has 0 saturated carbocycles. The molecule has 0 aromatic carbocycles. The van der Waals surface area contributed by atoms with Gasteiger partial charge in [-0.3, -0.25) is 14.4 Å². The van der Waals surface area contributed by atoms with Gasteiger partial charge in [0.2, 0.25) is 0 Å². The first-order chi connectivity index (χ1) is 36.0. The molecule has 0 N–H and O–H groups in total. The van der Waals surface area contributed by atoms with Crippen molar-refractivity contribution in [3.05, 3.63) is 24.3 Å². The van der Waals surface area contributed by atoms with Gasteiger partial charge in [-0.25, -0.2) is 0 Å². The van der Waals surface area contributed by atoms with Gasteiger partial charge in [0, 0.05) is 19.3 Å². The van der Waals surface area contributed by atoms with E-state index >= 15 is 0 Å². The molecule has 0 aliphatic carbocycles. The Morgan fingerprint density at radius 1 is 0.260 bits per heavy atom. The highest BCUT2D eigenvalue weighted by Crippen LogP contribution is 2.18. The highest BCUT2D eigenvalue weighted by molar-refractivity contribution is 5.71. The van der Waals surface area contributed by atoms with Crippen LogP contribution in [0.5, 0.6) is 0 Å². The molecule has 430 valence electrons. The number of unbranched alkanes of at least 4 members (excludes halogenated alkanes) is 46. The van der Waals surface area contributed by atoms with E-state index in [-0.39, 0.29) is 31.1 Å². The number of esters is 3. The lowest BCUT2D eigenvalue weighted by Crippen LogP contribution is -2.30. The number of allylic oxidation sites excluding steroid dienone is 4. The van der Waals surface area contributed by atoms with Crippen molar-refractivity contribution in [3.8, 4) is 0 Å². The lowest BCUT2D eigenvalue weighted by atomic mass is 10.0. The first-order valence-electron chi connectivity index (χ1n) is 32.8. The summed E-state index contributed by atoms with van der Waals surface area (Å²) < 4.78 is 17.0. The SMILES string of the molecule is CCCCCCCCCC/C=C\CCCCCCCCCC(=O)OCC(COC(=O)CCCCCCCCCCCCCCCCCCCC)OC(=O)CCCCCCC/C=C\CCCCCCCCCCC. The van der Waals surface area contributed by atoms with Crippen molar-refractivity contribution in [1.82, 2.24) is 0 Å². The minimum Gasteiger partial charge on any atom is -0.462 e. The van der Waals surface area contributed by atoms with E-state index in [0.717, 1.165) is 64.2 Å². The summed E-state index contributed by atoms with van der Waals surface area (Å²) in [5.74, 6) is -0.856. The molecule has 0 fully saturated rings. The van der Waals surface area contributed by atoms with Crippen molar-refractivity contribution in [2.75, 3.05) is 13.2 Å². The lowest BCUT2D eigenvalue weighted by Gasteiger charge is -2.18. The number of hydrogen-bond acceptors (Lipinski definition) is 6. The molecule has 6 heteroatoms. The second kappa shape index (κ2) is 62.4. The first kappa shape index (κ1) is 70.9.